The topological polar surface area (TPSA) is 76.4 Å². The van der Waals surface area contributed by atoms with Gasteiger partial charge < -0.3 is 14.4 Å². The van der Waals surface area contributed by atoms with Crippen molar-refractivity contribution in [3.8, 4) is 0 Å². The summed E-state index contributed by atoms with van der Waals surface area (Å²) < 4.78 is 52.2. The van der Waals surface area contributed by atoms with Gasteiger partial charge >= 0.3 is 17.8 Å². The lowest BCUT2D eigenvalue weighted by atomic mass is 10.1. The molecule has 1 atom stereocenters. The summed E-state index contributed by atoms with van der Waals surface area (Å²) in [5, 5.41) is 0. The van der Waals surface area contributed by atoms with E-state index in [4.69, 9.17) is 4.74 Å². The van der Waals surface area contributed by atoms with Crippen LogP contribution in [-0.2, 0) is 14.3 Å². The third-order valence-corrected chi connectivity index (χ3v) is 4.20. The second kappa shape index (κ2) is 7.53. The van der Waals surface area contributed by atoms with E-state index in [0.717, 1.165) is 19.3 Å². The van der Waals surface area contributed by atoms with E-state index < -0.39 is 17.8 Å². The summed E-state index contributed by atoms with van der Waals surface area (Å²) in [7, 11) is 0. The minimum atomic E-state index is -5.10. The first-order chi connectivity index (χ1) is 12.9. The predicted molar refractivity (Wildman–Crippen MR) is 90.1 cm³/mol. The molecule has 0 spiro atoms. The van der Waals surface area contributed by atoms with Crippen LogP contribution in [0, 0.1) is 0 Å². The molecule has 0 aromatic carbocycles. The van der Waals surface area contributed by atoms with Gasteiger partial charge in [0.1, 0.15) is 0 Å². The van der Waals surface area contributed by atoms with Crippen LogP contribution in [-0.4, -0.2) is 59.3 Å². The van der Waals surface area contributed by atoms with E-state index in [0.29, 0.717) is 13.1 Å². The lowest BCUT2D eigenvalue weighted by Crippen LogP contribution is -2.55. The minimum Gasteiger partial charge on any atom is -0.462 e. The lowest BCUT2D eigenvalue weighted by Gasteiger charge is -2.35. The SMILES string of the molecule is CCOC(=O)[C@@]1(C(F)(F)F)N=C(c2cccnc2)OC(N2CCCCC2)=N1. The highest BCUT2D eigenvalue weighted by Crippen LogP contribution is 2.39. The van der Waals surface area contributed by atoms with Crippen molar-refractivity contribution in [1.29, 1.82) is 0 Å². The number of amidine groups is 1. The summed E-state index contributed by atoms with van der Waals surface area (Å²) in [6.07, 6.45) is 0.229. The molecule has 3 rings (SSSR count). The molecule has 146 valence electrons. The van der Waals surface area contributed by atoms with Crippen LogP contribution in [0.5, 0.6) is 0 Å². The number of piperidine rings is 1. The summed E-state index contributed by atoms with van der Waals surface area (Å²) >= 11 is 0. The number of esters is 1. The molecule has 0 amide bonds. The number of likely N-dealkylation sites (tertiary alicyclic amines) is 1. The molecule has 1 saturated heterocycles. The Hall–Kier alpha value is -2.65. The molecule has 1 aromatic rings. The summed E-state index contributed by atoms with van der Waals surface area (Å²) in [5.41, 5.74) is -3.20. The van der Waals surface area contributed by atoms with Gasteiger partial charge in [0, 0.05) is 25.5 Å². The maximum absolute atomic E-state index is 14.0. The van der Waals surface area contributed by atoms with Crippen molar-refractivity contribution in [2.75, 3.05) is 19.7 Å². The van der Waals surface area contributed by atoms with Crippen molar-refractivity contribution in [2.45, 2.75) is 38.0 Å². The minimum absolute atomic E-state index is 0.208. The number of alkyl halides is 3. The Balaban J connectivity index is 2.12. The molecule has 1 fully saturated rings. The number of carbonyl (C=O) groups excluding carboxylic acids is 1. The predicted octanol–water partition coefficient (Wildman–Crippen LogP) is 2.52. The fourth-order valence-corrected chi connectivity index (χ4v) is 2.84. The van der Waals surface area contributed by atoms with Crippen LogP contribution < -0.4 is 0 Å². The number of hydrogen-bond acceptors (Lipinski definition) is 7. The molecule has 27 heavy (non-hydrogen) atoms. The maximum atomic E-state index is 14.0. The monoisotopic (exact) mass is 384 g/mol. The molecule has 3 heterocycles. The highest BCUT2D eigenvalue weighted by Gasteiger charge is 2.65. The summed E-state index contributed by atoms with van der Waals surface area (Å²) in [6.45, 7) is 2.15. The molecule has 0 aliphatic carbocycles. The first kappa shape index (κ1) is 19.1. The van der Waals surface area contributed by atoms with E-state index >= 15 is 0 Å². The van der Waals surface area contributed by atoms with Crippen LogP contribution in [0.2, 0.25) is 0 Å². The number of nitrogens with zero attached hydrogens (tertiary/aromatic N) is 4. The van der Waals surface area contributed by atoms with Crippen molar-refractivity contribution in [3.63, 3.8) is 0 Å². The van der Waals surface area contributed by atoms with Gasteiger partial charge in [0.15, 0.2) is 0 Å². The van der Waals surface area contributed by atoms with Gasteiger partial charge in [0.25, 0.3) is 6.02 Å². The number of pyridine rings is 1. The molecular formula is C17H19F3N4O3. The van der Waals surface area contributed by atoms with E-state index in [-0.39, 0.29) is 24.1 Å². The van der Waals surface area contributed by atoms with Gasteiger partial charge in [0.05, 0.1) is 12.2 Å². The number of hydrogen-bond donors (Lipinski definition) is 0. The first-order valence-corrected chi connectivity index (χ1v) is 8.64. The molecule has 0 unspecified atom stereocenters. The van der Waals surface area contributed by atoms with E-state index in [1.54, 1.807) is 4.90 Å². The van der Waals surface area contributed by atoms with Crippen molar-refractivity contribution in [1.82, 2.24) is 9.88 Å². The number of carbonyl (C=O) groups is 1. The van der Waals surface area contributed by atoms with E-state index in [9.17, 15) is 18.0 Å². The van der Waals surface area contributed by atoms with Gasteiger partial charge in [-0.25, -0.2) is 4.79 Å². The highest BCUT2D eigenvalue weighted by atomic mass is 19.4. The van der Waals surface area contributed by atoms with Crippen molar-refractivity contribution >= 4 is 17.9 Å². The molecule has 2 aliphatic rings. The number of halogens is 3. The van der Waals surface area contributed by atoms with Crippen LogP contribution in [0.1, 0.15) is 31.7 Å². The van der Waals surface area contributed by atoms with Crippen LogP contribution in [0.15, 0.2) is 34.5 Å². The summed E-state index contributed by atoms with van der Waals surface area (Å²) in [6, 6.07) is 2.75. The van der Waals surface area contributed by atoms with Crippen LogP contribution in [0.4, 0.5) is 13.2 Å². The Labute approximate surface area is 153 Å². The Morgan fingerprint density at radius 3 is 2.63 bits per heavy atom. The smallest absolute Gasteiger partial charge is 0.446 e. The zero-order valence-corrected chi connectivity index (χ0v) is 14.7. The second-order valence-corrected chi connectivity index (χ2v) is 6.09. The Morgan fingerprint density at radius 1 is 1.30 bits per heavy atom. The van der Waals surface area contributed by atoms with Crippen molar-refractivity contribution in [3.05, 3.63) is 30.1 Å². The Kier molecular flexibility index (Phi) is 5.33. The molecule has 2 aliphatic heterocycles. The van der Waals surface area contributed by atoms with E-state index in [2.05, 4.69) is 19.7 Å². The van der Waals surface area contributed by atoms with Gasteiger partial charge in [-0.05, 0) is 38.3 Å². The molecule has 10 heteroatoms. The highest BCUT2D eigenvalue weighted by molar-refractivity contribution is 6.05. The zero-order chi connectivity index (χ0) is 19.5. The number of rotatable bonds is 3. The van der Waals surface area contributed by atoms with Crippen LogP contribution >= 0.6 is 0 Å². The molecule has 1 aromatic heterocycles. The fraction of sp³-hybridized carbons (Fsp3) is 0.529. The summed E-state index contributed by atoms with van der Waals surface area (Å²) in [4.78, 5) is 25.0. The van der Waals surface area contributed by atoms with Gasteiger partial charge in [-0.3, -0.25) is 4.98 Å². The Morgan fingerprint density at radius 2 is 2.04 bits per heavy atom. The third-order valence-electron chi connectivity index (χ3n) is 4.20. The fourth-order valence-electron chi connectivity index (χ4n) is 2.84. The number of aromatic nitrogens is 1. The number of aliphatic imine (C=N–C) groups is 2. The molecule has 0 bridgehead atoms. The van der Waals surface area contributed by atoms with E-state index in [1.807, 2.05) is 0 Å². The van der Waals surface area contributed by atoms with Gasteiger partial charge in [-0.15, -0.1) is 0 Å². The van der Waals surface area contributed by atoms with E-state index in [1.165, 1.54) is 31.5 Å². The van der Waals surface area contributed by atoms with Crippen LogP contribution in [0.3, 0.4) is 0 Å². The molecule has 0 radical (unpaired) electrons. The first-order valence-electron chi connectivity index (χ1n) is 8.64. The lowest BCUT2D eigenvalue weighted by molar-refractivity contribution is -0.204. The normalized spacial score (nSPS) is 23.2. The van der Waals surface area contributed by atoms with Crippen molar-refractivity contribution < 1.29 is 27.4 Å². The largest absolute Gasteiger partial charge is 0.462 e. The molecule has 7 nitrogen and oxygen atoms in total. The quantitative estimate of drug-likeness (QED) is 0.749. The van der Waals surface area contributed by atoms with Gasteiger partial charge in [0.2, 0.25) is 5.90 Å². The van der Waals surface area contributed by atoms with Gasteiger partial charge in [-0.2, -0.15) is 23.2 Å². The van der Waals surface area contributed by atoms with Crippen molar-refractivity contribution in [2.24, 2.45) is 9.98 Å². The maximum Gasteiger partial charge on any atom is 0.446 e. The van der Waals surface area contributed by atoms with Crippen LogP contribution in [0.25, 0.3) is 0 Å². The van der Waals surface area contributed by atoms with Gasteiger partial charge in [-0.1, -0.05) is 0 Å². The number of ether oxygens (including phenoxy) is 2. The molecule has 0 N–H and O–H groups in total. The Bertz CT molecular complexity index is 746. The average Bonchev–Trinajstić information content (AvgIpc) is 2.68. The molecule has 0 saturated carbocycles. The standard InChI is InChI=1S/C17H19F3N4O3/c1-2-26-14(25)16(17(18,19)20)22-13(12-7-6-8-21-11-12)27-15(23-16)24-9-4-3-5-10-24/h6-8,11H,2-5,9-10H2,1H3/t16-/m1/s1. The zero-order valence-electron chi connectivity index (χ0n) is 14.7. The average molecular weight is 384 g/mol. The third kappa shape index (κ3) is 3.74. The summed E-state index contributed by atoms with van der Waals surface area (Å²) in [5.74, 6) is -1.96. The molecular weight excluding hydrogens is 365 g/mol. The second-order valence-electron chi connectivity index (χ2n) is 6.09.